The summed E-state index contributed by atoms with van der Waals surface area (Å²) in [5, 5.41) is 19.9. The van der Waals surface area contributed by atoms with E-state index in [1.54, 1.807) is 11.0 Å². The van der Waals surface area contributed by atoms with E-state index in [1.165, 1.54) is 0 Å². The van der Waals surface area contributed by atoms with E-state index in [-0.39, 0.29) is 5.91 Å². The van der Waals surface area contributed by atoms with Crippen molar-refractivity contribution in [1.29, 1.82) is 0 Å². The number of likely N-dealkylation sites (tertiary alicyclic amines) is 1. The Bertz CT molecular complexity index is 773. The summed E-state index contributed by atoms with van der Waals surface area (Å²) in [5.41, 5.74) is 0.335. The van der Waals surface area contributed by atoms with Crippen LogP contribution >= 0.6 is 0 Å². The summed E-state index contributed by atoms with van der Waals surface area (Å²) in [6, 6.07) is 0. The highest BCUT2D eigenvalue weighted by atomic mass is 16.2. The van der Waals surface area contributed by atoms with Crippen LogP contribution in [0.2, 0.25) is 0 Å². The zero-order valence-electron chi connectivity index (χ0n) is 16.2. The molecule has 4 rings (SSSR count). The quantitative estimate of drug-likeness (QED) is 0.806. The molecule has 1 saturated heterocycles. The second kappa shape index (κ2) is 7.36. The van der Waals surface area contributed by atoms with Gasteiger partial charge in [-0.15, -0.1) is 15.3 Å². The van der Waals surface area contributed by atoms with Crippen molar-refractivity contribution in [3.63, 3.8) is 0 Å². The second-order valence-corrected chi connectivity index (χ2v) is 8.23. The van der Waals surface area contributed by atoms with Crippen molar-refractivity contribution < 1.29 is 4.79 Å². The number of carbonyl (C=O) groups excluding carboxylic acids is 1. The molecular weight excluding hydrogens is 344 g/mol. The van der Waals surface area contributed by atoms with Crippen LogP contribution in [0, 0.1) is 5.41 Å². The van der Waals surface area contributed by atoms with E-state index in [0.717, 1.165) is 63.4 Å². The van der Waals surface area contributed by atoms with Gasteiger partial charge in [0.25, 0.3) is 0 Å². The van der Waals surface area contributed by atoms with Crippen molar-refractivity contribution in [1.82, 2.24) is 39.9 Å². The highest BCUT2D eigenvalue weighted by Gasteiger charge is 2.37. The Balaban J connectivity index is 1.32. The predicted octanol–water partition coefficient (Wildman–Crippen LogP) is 1.42. The minimum atomic E-state index is 0.202. The molecule has 2 aromatic rings. The lowest BCUT2D eigenvalue weighted by Gasteiger charge is -2.41. The van der Waals surface area contributed by atoms with Crippen molar-refractivity contribution in [2.75, 3.05) is 13.1 Å². The predicted molar refractivity (Wildman–Crippen MR) is 97.7 cm³/mol. The largest absolute Gasteiger partial charge is 0.343 e. The van der Waals surface area contributed by atoms with Gasteiger partial charge in [0.1, 0.15) is 18.0 Å². The smallest absolute Gasteiger partial charge is 0.224 e. The van der Waals surface area contributed by atoms with Gasteiger partial charge < -0.3 is 9.47 Å². The molecule has 4 heterocycles. The van der Waals surface area contributed by atoms with Crippen LogP contribution in [-0.4, -0.2) is 58.9 Å². The Morgan fingerprint density at radius 2 is 1.93 bits per heavy atom. The van der Waals surface area contributed by atoms with Gasteiger partial charge in [0, 0.05) is 38.4 Å². The van der Waals surface area contributed by atoms with Gasteiger partial charge in [-0.3, -0.25) is 4.79 Å². The Morgan fingerprint density at radius 1 is 1.15 bits per heavy atom. The lowest BCUT2D eigenvalue weighted by Crippen LogP contribution is -2.43. The van der Waals surface area contributed by atoms with Gasteiger partial charge in [0.2, 0.25) is 5.91 Å². The number of carbonyl (C=O) groups is 1. The molecule has 0 aromatic carbocycles. The molecule has 2 aliphatic heterocycles. The third-order valence-electron chi connectivity index (χ3n) is 6.24. The van der Waals surface area contributed by atoms with E-state index in [9.17, 15) is 4.79 Å². The Kier molecular flexibility index (Phi) is 4.92. The number of aryl methyl sites for hydroxylation is 2. The maximum atomic E-state index is 12.5. The fraction of sp³-hybridized carbons (Fsp3) is 0.778. The maximum absolute atomic E-state index is 12.5. The molecule has 0 unspecified atom stereocenters. The second-order valence-electron chi connectivity index (χ2n) is 8.23. The van der Waals surface area contributed by atoms with Gasteiger partial charge in [0.05, 0.1) is 6.54 Å². The molecule has 9 heteroatoms. The van der Waals surface area contributed by atoms with Gasteiger partial charge in [-0.1, -0.05) is 13.8 Å². The van der Waals surface area contributed by atoms with Gasteiger partial charge in [-0.25, -0.2) is 4.68 Å². The lowest BCUT2D eigenvalue weighted by molar-refractivity contribution is -0.134. The molecule has 27 heavy (non-hydrogen) atoms. The topological polar surface area (TPSA) is 94.6 Å². The first-order valence-electron chi connectivity index (χ1n) is 9.97. The summed E-state index contributed by atoms with van der Waals surface area (Å²) in [4.78, 5) is 14.5. The van der Waals surface area contributed by atoms with E-state index >= 15 is 0 Å². The van der Waals surface area contributed by atoms with Crippen molar-refractivity contribution in [2.24, 2.45) is 5.41 Å². The molecular formula is C18H28N8O. The van der Waals surface area contributed by atoms with Crippen LogP contribution in [0.15, 0.2) is 6.33 Å². The molecule has 0 N–H and O–H groups in total. The Morgan fingerprint density at radius 3 is 2.63 bits per heavy atom. The molecule has 9 nitrogen and oxygen atoms in total. The zero-order chi connectivity index (χ0) is 18.9. The van der Waals surface area contributed by atoms with Gasteiger partial charge in [-0.2, -0.15) is 0 Å². The van der Waals surface area contributed by atoms with E-state index in [1.807, 2.05) is 4.90 Å². The summed E-state index contributed by atoms with van der Waals surface area (Å²) < 4.78 is 3.94. The number of hydrogen-bond acceptors (Lipinski definition) is 6. The molecule has 146 valence electrons. The van der Waals surface area contributed by atoms with Crippen LogP contribution < -0.4 is 0 Å². The highest BCUT2D eigenvalue weighted by Crippen LogP contribution is 2.42. The van der Waals surface area contributed by atoms with Crippen LogP contribution in [0.4, 0.5) is 0 Å². The highest BCUT2D eigenvalue weighted by molar-refractivity contribution is 5.76. The van der Waals surface area contributed by atoms with Crippen LogP contribution in [0.1, 0.15) is 63.5 Å². The standard InChI is InChI=1S/C18H28N8O/c1-14(2)17-21-20-15-3-5-18(8-12-26(15)17)6-10-24(11-7-18)16(27)4-9-25-13-19-22-23-25/h13-14H,3-12H2,1-2H3. The number of amides is 1. The number of piperidine rings is 1. The Labute approximate surface area is 159 Å². The average Bonchev–Trinajstić information content (AvgIpc) is 3.30. The van der Waals surface area contributed by atoms with Gasteiger partial charge >= 0.3 is 0 Å². The SMILES string of the molecule is CC(C)c1nnc2n1CCC1(CC2)CCN(C(=O)CCn2cnnn2)CC1. The molecule has 0 aliphatic carbocycles. The van der Waals surface area contributed by atoms with Crippen molar-refractivity contribution in [3.8, 4) is 0 Å². The molecule has 1 amide bonds. The number of rotatable bonds is 4. The van der Waals surface area contributed by atoms with Crippen LogP contribution in [-0.2, 0) is 24.3 Å². The van der Waals surface area contributed by atoms with Crippen molar-refractivity contribution in [2.45, 2.75) is 71.4 Å². The van der Waals surface area contributed by atoms with E-state index in [2.05, 4.69) is 44.1 Å². The first kappa shape index (κ1) is 18.1. The fourth-order valence-corrected chi connectivity index (χ4v) is 4.44. The van der Waals surface area contributed by atoms with E-state index < -0.39 is 0 Å². The molecule has 0 bridgehead atoms. The molecule has 0 atom stereocenters. The lowest BCUT2D eigenvalue weighted by atomic mass is 9.72. The number of hydrogen-bond donors (Lipinski definition) is 0. The molecule has 0 radical (unpaired) electrons. The first-order valence-corrected chi connectivity index (χ1v) is 9.97. The van der Waals surface area contributed by atoms with Crippen LogP contribution in [0.25, 0.3) is 0 Å². The number of tetrazole rings is 1. The minimum absolute atomic E-state index is 0.202. The summed E-state index contributed by atoms with van der Waals surface area (Å²) in [6.07, 6.45) is 7.47. The third kappa shape index (κ3) is 3.72. The van der Waals surface area contributed by atoms with Crippen LogP contribution in [0.3, 0.4) is 0 Å². The normalized spacial score (nSPS) is 19.3. The van der Waals surface area contributed by atoms with Gasteiger partial charge in [-0.05, 0) is 41.5 Å². The zero-order valence-corrected chi connectivity index (χ0v) is 16.2. The fourth-order valence-electron chi connectivity index (χ4n) is 4.44. The van der Waals surface area contributed by atoms with E-state index in [0.29, 0.717) is 24.3 Å². The maximum Gasteiger partial charge on any atom is 0.224 e. The summed E-state index contributed by atoms with van der Waals surface area (Å²) in [6.45, 7) is 7.61. The van der Waals surface area contributed by atoms with Crippen molar-refractivity contribution >= 4 is 5.91 Å². The average molecular weight is 372 g/mol. The number of aromatic nitrogens is 7. The summed E-state index contributed by atoms with van der Waals surface area (Å²) in [5.74, 6) is 2.85. The minimum Gasteiger partial charge on any atom is -0.343 e. The summed E-state index contributed by atoms with van der Waals surface area (Å²) in [7, 11) is 0. The molecule has 2 aliphatic rings. The van der Waals surface area contributed by atoms with Gasteiger partial charge in [0.15, 0.2) is 0 Å². The molecule has 1 spiro atoms. The summed E-state index contributed by atoms with van der Waals surface area (Å²) >= 11 is 0. The van der Waals surface area contributed by atoms with E-state index in [4.69, 9.17) is 0 Å². The first-order chi connectivity index (χ1) is 13.1. The van der Waals surface area contributed by atoms with Crippen LogP contribution in [0.5, 0.6) is 0 Å². The van der Waals surface area contributed by atoms with Crippen molar-refractivity contribution in [3.05, 3.63) is 18.0 Å². The number of fused-ring (bicyclic) bond motifs is 1. The third-order valence-corrected chi connectivity index (χ3v) is 6.24. The number of nitrogens with zero attached hydrogens (tertiary/aromatic N) is 8. The monoisotopic (exact) mass is 372 g/mol. The molecule has 0 saturated carbocycles. The molecule has 2 aromatic heterocycles. The molecule has 1 fully saturated rings. The Hall–Kier alpha value is -2.32.